The molecule has 3 aromatic rings. The zero-order chi connectivity index (χ0) is 9.54. The van der Waals surface area contributed by atoms with Crippen LogP contribution in [0.1, 0.15) is 5.82 Å². The summed E-state index contributed by atoms with van der Waals surface area (Å²) in [5.74, 6) is 0.623. The summed E-state index contributed by atoms with van der Waals surface area (Å²) < 4.78 is 3.19. The summed E-state index contributed by atoms with van der Waals surface area (Å²) in [6.07, 6.45) is 0. The molecular weight excluding hydrogens is 184 g/mol. The number of aromatic nitrogens is 7. The fourth-order valence-electron chi connectivity index (χ4n) is 1.34. The van der Waals surface area contributed by atoms with Gasteiger partial charge in [-0.2, -0.15) is 4.52 Å². The van der Waals surface area contributed by atoms with Gasteiger partial charge in [-0.05, 0) is 22.6 Å². The highest BCUT2D eigenvalue weighted by molar-refractivity contribution is 5.44. The molecule has 0 saturated carbocycles. The normalized spacial score (nSPS) is 11.5. The predicted octanol–water partition coefficient (Wildman–Crippen LogP) is -1.37. The molecule has 14 heavy (non-hydrogen) atoms. The van der Waals surface area contributed by atoms with E-state index in [2.05, 4.69) is 25.7 Å². The lowest BCUT2D eigenvalue weighted by Crippen LogP contribution is -2.09. The highest BCUT2D eigenvalue weighted by Gasteiger charge is 2.08. The Morgan fingerprint density at radius 1 is 1.14 bits per heavy atom. The van der Waals surface area contributed by atoms with Crippen molar-refractivity contribution in [3.8, 4) is 0 Å². The number of tetrazole rings is 1. The maximum atomic E-state index is 5.51. The topological polar surface area (TPSA) is 99.3 Å². The van der Waals surface area contributed by atoms with E-state index in [0.29, 0.717) is 23.7 Å². The van der Waals surface area contributed by atoms with Crippen LogP contribution in [0.25, 0.3) is 11.3 Å². The Labute approximate surface area is 77.3 Å². The zero-order valence-corrected chi connectivity index (χ0v) is 7.07. The van der Waals surface area contributed by atoms with Gasteiger partial charge < -0.3 is 5.73 Å². The van der Waals surface area contributed by atoms with Crippen molar-refractivity contribution in [2.24, 2.45) is 5.73 Å². The molecule has 3 aromatic heterocycles. The summed E-state index contributed by atoms with van der Waals surface area (Å²) in [7, 11) is 0. The van der Waals surface area contributed by atoms with Crippen LogP contribution in [0.5, 0.6) is 0 Å². The summed E-state index contributed by atoms with van der Waals surface area (Å²) in [6, 6.07) is 3.56. The minimum Gasteiger partial charge on any atom is -0.324 e. The third-order valence-corrected chi connectivity index (χ3v) is 1.96. The van der Waals surface area contributed by atoms with Crippen molar-refractivity contribution in [1.29, 1.82) is 0 Å². The van der Waals surface area contributed by atoms with Crippen LogP contribution in [-0.2, 0) is 6.54 Å². The van der Waals surface area contributed by atoms with Gasteiger partial charge in [-0.25, -0.2) is 0 Å². The lowest BCUT2D eigenvalue weighted by Gasteiger charge is -1.97. The van der Waals surface area contributed by atoms with Gasteiger partial charge >= 0.3 is 0 Å². The number of nitrogens with zero attached hydrogens (tertiary/aromatic N) is 7. The van der Waals surface area contributed by atoms with E-state index in [0.717, 1.165) is 0 Å². The zero-order valence-electron chi connectivity index (χ0n) is 7.07. The van der Waals surface area contributed by atoms with Crippen molar-refractivity contribution >= 4 is 11.3 Å². The standard InChI is InChI=1S/C6H6N8/c7-3-6-9-8-4-1-2-5-10-11-12-14(5)13(4)6/h1-2H,3,7H2. The van der Waals surface area contributed by atoms with Crippen LogP contribution in [0.2, 0.25) is 0 Å². The minimum absolute atomic E-state index is 0.292. The van der Waals surface area contributed by atoms with Crippen LogP contribution in [0.3, 0.4) is 0 Å². The van der Waals surface area contributed by atoms with Crippen molar-refractivity contribution in [1.82, 2.24) is 34.9 Å². The van der Waals surface area contributed by atoms with E-state index in [1.165, 1.54) is 4.63 Å². The lowest BCUT2D eigenvalue weighted by molar-refractivity contribution is 0.661. The fraction of sp³-hybridized carbons (Fsp3) is 0.167. The summed E-state index contributed by atoms with van der Waals surface area (Å²) >= 11 is 0. The third kappa shape index (κ3) is 0.773. The van der Waals surface area contributed by atoms with Gasteiger partial charge in [0.2, 0.25) is 0 Å². The molecule has 0 radical (unpaired) electrons. The summed E-state index contributed by atoms with van der Waals surface area (Å²) in [6.45, 7) is 0.292. The van der Waals surface area contributed by atoms with Crippen LogP contribution in [-0.4, -0.2) is 34.9 Å². The molecule has 0 saturated heterocycles. The number of rotatable bonds is 1. The number of hydrogen-bond acceptors (Lipinski definition) is 6. The molecule has 3 rings (SSSR count). The largest absolute Gasteiger partial charge is 0.324 e. The minimum atomic E-state index is 0.292. The van der Waals surface area contributed by atoms with E-state index < -0.39 is 0 Å². The quantitative estimate of drug-likeness (QED) is 0.508. The lowest BCUT2D eigenvalue weighted by atomic mass is 10.5. The molecule has 0 spiro atoms. The molecule has 0 aliphatic carbocycles. The molecule has 0 amide bonds. The molecular formula is C6H6N8. The average molecular weight is 190 g/mol. The number of fused-ring (bicyclic) bond motifs is 3. The Morgan fingerprint density at radius 2 is 2.00 bits per heavy atom. The van der Waals surface area contributed by atoms with Crippen LogP contribution < -0.4 is 5.73 Å². The van der Waals surface area contributed by atoms with Crippen molar-refractivity contribution in [2.75, 3.05) is 0 Å². The Kier molecular flexibility index (Phi) is 1.28. The second-order valence-electron chi connectivity index (χ2n) is 2.75. The molecule has 0 fully saturated rings. The molecule has 0 bridgehead atoms. The Morgan fingerprint density at radius 3 is 2.86 bits per heavy atom. The molecule has 0 aliphatic rings. The molecule has 70 valence electrons. The third-order valence-electron chi connectivity index (χ3n) is 1.96. The summed E-state index contributed by atoms with van der Waals surface area (Å²) in [5.41, 5.74) is 6.82. The van der Waals surface area contributed by atoms with Crippen molar-refractivity contribution in [3.05, 3.63) is 18.0 Å². The fourth-order valence-corrected chi connectivity index (χ4v) is 1.34. The van der Waals surface area contributed by atoms with Gasteiger partial charge in [0.1, 0.15) is 0 Å². The second kappa shape index (κ2) is 2.45. The first-order valence-electron chi connectivity index (χ1n) is 4.01. The van der Waals surface area contributed by atoms with Crippen LogP contribution in [0.15, 0.2) is 12.1 Å². The van der Waals surface area contributed by atoms with Gasteiger partial charge in [0.15, 0.2) is 17.1 Å². The smallest absolute Gasteiger partial charge is 0.198 e. The molecule has 0 aliphatic heterocycles. The Bertz CT molecular complexity index is 592. The van der Waals surface area contributed by atoms with Crippen molar-refractivity contribution in [2.45, 2.75) is 6.54 Å². The molecule has 8 heteroatoms. The van der Waals surface area contributed by atoms with Gasteiger partial charge in [-0.1, -0.05) is 0 Å². The Hall–Kier alpha value is -2.09. The Balaban J connectivity index is 2.58. The molecule has 2 N–H and O–H groups in total. The second-order valence-corrected chi connectivity index (χ2v) is 2.75. The van der Waals surface area contributed by atoms with Gasteiger partial charge in [-0.3, -0.25) is 0 Å². The first-order valence-corrected chi connectivity index (χ1v) is 4.01. The number of hydrogen-bond donors (Lipinski definition) is 1. The van der Waals surface area contributed by atoms with E-state index in [1.807, 2.05) is 0 Å². The molecule has 0 atom stereocenters. The van der Waals surface area contributed by atoms with E-state index in [1.54, 1.807) is 16.6 Å². The van der Waals surface area contributed by atoms with E-state index in [9.17, 15) is 0 Å². The van der Waals surface area contributed by atoms with Gasteiger partial charge in [0.05, 0.1) is 6.54 Å². The number of nitrogens with two attached hydrogens (primary N) is 1. The SMILES string of the molecule is NCc1nnc2ccc3nnnn3n12. The van der Waals surface area contributed by atoms with Gasteiger partial charge in [0, 0.05) is 0 Å². The molecule has 0 unspecified atom stereocenters. The monoisotopic (exact) mass is 190 g/mol. The molecule has 0 aromatic carbocycles. The molecule has 8 nitrogen and oxygen atoms in total. The van der Waals surface area contributed by atoms with Crippen molar-refractivity contribution in [3.63, 3.8) is 0 Å². The van der Waals surface area contributed by atoms with Gasteiger partial charge in [-0.15, -0.1) is 19.9 Å². The highest BCUT2D eigenvalue weighted by Crippen LogP contribution is 2.04. The maximum absolute atomic E-state index is 5.51. The van der Waals surface area contributed by atoms with Crippen LogP contribution in [0, 0.1) is 0 Å². The van der Waals surface area contributed by atoms with Gasteiger partial charge in [0.25, 0.3) is 0 Å². The summed E-state index contributed by atoms with van der Waals surface area (Å²) in [5, 5.41) is 19.0. The maximum Gasteiger partial charge on any atom is 0.198 e. The van der Waals surface area contributed by atoms with Crippen molar-refractivity contribution < 1.29 is 0 Å². The summed E-state index contributed by atoms with van der Waals surface area (Å²) in [4.78, 5) is 0. The highest BCUT2D eigenvalue weighted by atomic mass is 15.6. The predicted molar refractivity (Wildman–Crippen MR) is 45.2 cm³/mol. The first kappa shape index (κ1) is 7.33. The molecule has 3 heterocycles. The van der Waals surface area contributed by atoms with E-state index >= 15 is 0 Å². The first-order chi connectivity index (χ1) is 6.90. The van der Waals surface area contributed by atoms with Crippen LogP contribution in [0.4, 0.5) is 0 Å². The van der Waals surface area contributed by atoms with E-state index in [-0.39, 0.29) is 0 Å². The van der Waals surface area contributed by atoms with Crippen LogP contribution >= 0.6 is 0 Å². The van der Waals surface area contributed by atoms with E-state index in [4.69, 9.17) is 5.73 Å². The average Bonchev–Trinajstić information content (AvgIpc) is 2.82.